The maximum atomic E-state index is 12.5. The quantitative estimate of drug-likeness (QED) is 0.297. The van der Waals surface area contributed by atoms with Crippen molar-refractivity contribution in [3.63, 3.8) is 0 Å². The van der Waals surface area contributed by atoms with Gasteiger partial charge >= 0.3 is 0 Å². The fourth-order valence-corrected chi connectivity index (χ4v) is 2.69. The zero-order valence-corrected chi connectivity index (χ0v) is 16.9. The summed E-state index contributed by atoms with van der Waals surface area (Å²) >= 11 is 0. The number of hydrogen-bond acceptors (Lipinski definition) is 5. The van der Waals surface area contributed by atoms with Gasteiger partial charge in [0.25, 0.3) is 5.91 Å². The molecule has 1 N–H and O–H groups in total. The van der Waals surface area contributed by atoms with Crippen LogP contribution in [-0.4, -0.2) is 26.7 Å². The van der Waals surface area contributed by atoms with Crippen molar-refractivity contribution < 1.29 is 19.0 Å². The van der Waals surface area contributed by atoms with Gasteiger partial charge < -0.3 is 19.5 Å². The summed E-state index contributed by atoms with van der Waals surface area (Å²) in [6.07, 6.45) is 8.98. The van der Waals surface area contributed by atoms with Crippen molar-refractivity contribution in [2.24, 2.45) is 0 Å². The molecule has 1 amide bonds. The van der Waals surface area contributed by atoms with Crippen molar-refractivity contribution in [2.75, 3.05) is 26.1 Å². The lowest BCUT2D eigenvalue weighted by atomic mass is 10.0. The smallest absolute Gasteiger partial charge is 0.266 e. The number of terminal acetylenes is 1. The van der Waals surface area contributed by atoms with Crippen LogP contribution in [0, 0.1) is 23.7 Å². The number of hydrogen-bond donors (Lipinski definition) is 1. The second kappa shape index (κ2) is 11.0. The van der Waals surface area contributed by atoms with Crippen molar-refractivity contribution in [1.82, 2.24) is 0 Å². The van der Waals surface area contributed by atoms with Crippen LogP contribution in [0.3, 0.4) is 0 Å². The summed E-state index contributed by atoms with van der Waals surface area (Å²) in [6, 6.07) is 12.2. The highest BCUT2D eigenvalue weighted by Gasteiger charge is 2.14. The summed E-state index contributed by atoms with van der Waals surface area (Å²) in [5.74, 6) is 3.51. The minimum Gasteiger partial charge on any atom is -0.497 e. The van der Waals surface area contributed by atoms with Crippen LogP contribution in [0.15, 0.2) is 54.6 Å². The number of ether oxygens (including phenoxy) is 3. The fraction of sp³-hybridized carbons (Fsp3) is 0.167. The van der Waals surface area contributed by atoms with Gasteiger partial charge in [0.1, 0.15) is 24.0 Å². The van der Waals surface area contributed by atoms with Crippen LogP contribution in [0.25, 0.3) is 6.08 Å². The summed E-state index contributed by atoms with van der Waals surface area (Å²) in [5, 5.41) is 12.2. The van der Waals surface area contributed by atoms with Crippen molar-refractivity contribution in [1.29, 1.82) is 5.26 Å². The van der Waals surface area contributed by atoms with Gasteiger partial charge in [0.05, 0.1) is 14.2 Å². The van der Waals surface area contributed by atoms with E-state index in [1.807, 2.05) is 6.07 Å². The first-order valence-corrected chi connectivity index (χ1v) is 9.01. The van der Waals surface area contributed by atoms with E-state index in [9.17, 15) is 10.1 Å². The highest BCUT2D eigenvalue weighted by molar-refractivity contribution is 6.09. The lowest BCUT2D eigenvalue weighted by Gasteiger charge is -2.14. The predicted molar refractivity (Wildman–Crippen MR) is 116 cm³/mol. The number of nitrogens with one attached hydrogen (secondary N) is 1. The molecule has 0 heterocycles. The van der Waals surface area contributed by atoms with Gasteiger partial charge in [0, 0.05) is 11.3 Å². The van der Waals surface area contributed by atoms with Gasteiger partial charge in [0.2, 0.25) is 0 Å². The standard InChI is InChI=1S/C24H22N2O4/c1-5-7-18-13-17(15-22(29-4)23(18)30-12-6-2)14-19(16-25)24(27)26-20-8-10-21(28-3)11-9-20/h2,5,8-11,13-15H,1,7,12H2,3-4H3,(H,26,27)/b19-14+. The Morgan fingerprint density at radius 1 is 1.23 bits per heavy atom. The lowest BCUT2D eigenvalue weighted by Crippen LogP contribution is -2.13. The fourth-order valence-electron chi connectivity index (χ4n) is 2.69. The average Bonchev–Trinajstić information content (AvgIpc) is 2.77. The molecule has 0 unspecified atom stereocenters. The van der Waals surface area contributed by atoms with E-state index in [0.29, 0.717) is 34.9 Å². The molecule has 0 aliphatic carbocycles. The molecule has 30 heavy (non-hydrogen) atoms. The number of amides is 1. The number of carbonyl (C=O) groups is 1. The van der Waals surface area contributed by atoms with Crippen LogP contribution in [0.4, 0.5) is 5.69 Å². The Balaban J connectivity index is 2.35. The van der Waals surface area contributed by atoms with Crippen LogP contribution in [0.2, 0.25) is 0 Å². The number of nitriles is 1. The number of nitrogens with zero attached hydrogens (tertiary/aromatic N) is 1. The number of allylic oxidation sites excluding steroid dienone is 1. The molecule has 0 saturated heterocycles. The number of rotatable bonds is 9. The highest BCUT2D eigenvalue weighted by atomic mass is 16.5. The second-order valence-corrected chi connectivity index (χ2v) is 6.05. The number of carbonyl (C=O) groups excluding carboxylic acids is 1. The Hall–Kier alpha value is -4.16. The molecule has 0 atom stereocenters. The molecule has 0 fully saturated rings. The first kappa shape index (κ1) is 22.1. The average molecular weight is 402 g/mol. The van der Waals surface area contributed by atoms with E-state index in [0.717, 1.165) is 5.56 Å². The van der Waals surface area contributed by atoms with Crippen molar-refractivity contribution in [3.05, 3.63) is 65.8 Å². The third kappa shape index (κ3) is 5.67. The second-order valence-electron chi connectivity index (χ2n) is 6.05. The van der Waals surface area contributed by atoms with Crippen LogP contribution < -0.4 is 19.5 Å². The zero-order valence-electron chi connectivity index (χ0n) is 16.9. The minimum absolute atomic E-state index is 0.0604. The Bertz CT molecular complexity index is 1020. The SMILES string of the molecule is C#CCOc1c(CC=C)cc(/C=C(\C#N)C(=O)Nc2ccc(OC)cc2)cc1OC. The maximum absolute atomic E-state index is 12.5. The summed E-state index contributed by atoms with van der Waals surface area (Å²) in [5.41, 5.74) is 1.87. The van der Waals surface area contributed by atoms with Crippen LogP contribution >= 0.6 is 0 Å². The van der Waals surface area contributed by atoms with E-state index >= 15 is 0 Å². The third-order valence-corrected chi connectivity index (χ3v) is 4.06. The Labute approximate surface area is 176 Å². The monoisotopic (exact) mass is 402 g/mol. The van der Waals surface area contributed by atoms with E-state index in [2.05, 4.69) is 17.8 Å². The largest absolute Gasteiger partial charge is 0.497 e. The van der Waals surface area contributed by atoms with E-state index in [4.69, 9.17) is 20.6 Å². The first-order chi connectivity index (χ1) is 14.6. The third-order valence-electron chi connectivity index (χ3n) is 4.06. The topological polar surface area (TPSA) is 80.6 Å². The molecular formula is C24H22N2O4. The molecule has 0 bridgehead atoms. The molecule has 0 radical (unpaired) electrons. The summed E-state index contributed by atoms with van der Waals surface area (Å²) in [6.45, 7) is 3.84. The van der Waals surface area contributed by atoms with Crippen molar-refractivity contribution in [3.8, 4) is 35.7 Å². The van der Waals surface area contributed by atoms with Crippen LogP contribution in [0.1, 0.15) is 11.1 Å². The zero-order chi connectivity index (χ0) is 21.9. The molecule has 0 saturated carbocycles. The van der Waals surface area contributed by atoms with Gasteiger partial charge in [-0.25, -0.2) is 0 Å². The minimum atomic E-state index is -0.528. The Morgan fingerprint density at radius 2 is 1.97 bits per heavy atom. The van der Waals surface area contributed by atoms with Gasteiger partial charge in [-0.2, -0.15) is 5.26 Å². The first-order valence-electron chi connectivity index (χ1n) is 9.01. The molecule has 6 nitrogen and oxygen atoms in total. The summed E-state index contributed by atoms with van der Waals surface area (Å²) in [4.78, 5) is 12.5. The molecule has 6 heteroatoms. The molecule has 0 spiro atoms. The molecular weight excluding hydrogens is 380 g/mol. The molecule has 0 aliphatic heterocycles. The summed E-state index contributed by atoms with van der Waals surface area (Å²) in [7, 11) is 3.06. The van der Waals surface area contributed by atoms with Crippen molar-refractivity contribution in [2.45, 2.75) is 6.42 Å². The molecule has 2 rings (SSSR count). The predicted octanol–water partition coefficient (Wildman–Crippen LogP) is 3.99. The van der Waals surface area contributed by atoms with E-state index in [1.54, 1.807) is 49.6 Å². The molecule has 0 aromatic heterocycles. The molecule has 2 aromatic carbocycles. The number of anilines is 1. The lowest BCUT2D eigenvalue weighted by molar-refractivity contribution is -0.112. The van der Waals surface area contributed by atoms with Gasteiger partial charge in [-0.15, -0.1) is 13.0 Å². The normalized spacial score (nSPS) is 10.3. The number of methoxy groups -OCH3 is 2. The van der Waals surface area contributed by atoms with Gasteiger partial charge in [-0.05, 0) is 54.5 Å². The Kier molecular flexibility index (Phi) is 8.11. The van der Waals surface area contributed by atoms with Gasteiger partial charge in [-0.3, -0.25) is 4.79 Å². The van der Waals surface area contributed by atoms with Crippen LogP contribution in [0.5, 0.6) is 17.2 Å². The number of benzene rings is 2. The Morgan fingerprint density at radius 3 is 2.53 bits per heavy atom. The van der Waals surface area contributed by atoms with E-state index < -0.39 is 5.91 Å². The summed E-state index contributed by atoms with van der Waals surface area (Å²) < 4.78 is 16.1. The molecule has 0 aliphatic rings. The van der Waals surface area contributed by atoms with E-state index in [1.165, 1.54) is 13.2 Å². The molecule has 152 valence electrons. The van der Waals surface area contributed by atoms with E-state index in [-0.39, 0.29) is 12.2 Å². The van der Waals surface area contributed by atoms with Crippen molar-refractivity contribution >= 4 is 17.7 Å². The van der Waals surface area contributed by atoms with Gasteiger partial charge in [-0.1, -0.05) is 12.0 Å². The van der Waals surface area contributed by atoms with Gasteiger partial charge in [0.15, 0.2) is 11.5 Å². The maximum Gasteiger partial charge on any atom is 0.266 e. The highest BCUT2D eigenvalue weighted by Crippen LogP contribution is 2.34. The van der Waals surface area contributed by atoms with Crippen LogP contribution in [-0.2, 0) is 11.2 Å². The molecule has 2 aromatic rings.